The molecule has 16 heteroatoms. The zero-order valence-corrected chi connectivity index (χ0v) is 27.8. The molecule has 5 heterocycles. The minimum atomic E-state index is -4.04. The van der Waals surface area contributed by atoms with E-state index >= 15 is 8.78 Å². The predicted molar refractivity (Wildman–Crippen MR) is 182 cm³/mol. The normalized spacial score (nSPS) is 15.5. The van der Waals surface area contributed by atoms with Gasteiger partial charge in [-0.3, -0.25) is 9.48 Å². The summed E-state index contributed by atoms with van der Waals surface area (Å²) in [5.41, 5.74) is -0.862. The largest absolute Gasteiger partial charge is 0.361 e. The highest BCUT2D eigenvalue weighted by atomic mass is 19.3. The Bertz CT molecular complexity index is 2540. The minimum absolute atomic E-state index is 0.0755. The van der Waals surface area contributed by atoms with Gasteiger partial charge in [-0.2, -0.15) is 13.9 Å². The summed E-state index contributed by atoms with van der Waals surface area (Å²) >= 11 is 0. The maximum absolute atomic E-state index is 15.2. The van der Waals surface area contributed by atoms with Crippen LogP contribution in [0.4, 0.5) is 35.1 Å². The molecule has 3 N–H and O–H groups in total. The van der Waals surface area contributed by atoms with E-state index in [0.717, 1.165) is 28.4 Å². The van der Waals surface area contributed by atoms with Crippen molar-refractivity contribution < 1.29 is 39.9 Å². The number of amides is 1. The fourth-order valence-corrected chi connectivity index (χ4v) is 7.04. The number of benzene rings is 2. The molecule has 0 radical (unpaired) electrons. The van der Waals surface area contributed by atoms with Crippen molar-refractivity contribution in [3.8, 4) is 22.4 Å². The van der Waals surface area contributed by atoms with Gasteiger partial charge in [0.15, 0.2) is 0 Å². The Morgan fingerprint density at radius 2 is 1.56 bits per heavy atom. The minimum Gasteiger partial charge on any atom is -0.361 e. The van der Waals surface area contributed by atoms with E-state index in [9.17, 15) is 31.1 Å². The van der Waals surface area contributed by atoms with E-state index in [1.807, 2.05) is 24.3 Å². The molecule has 8 nitrogen and oxygen atoms in total. The third kappa shape index (κ3) is 6.45. The highest BCUT2D eigenvalue weighted by Gasteiger charge is 2.55. The van der Waals surface area contributed by atoms with Crippen LogP contribution in [0.2, 0.25) is 0 Å². The molecule has 0 fully saturated rings. The number of pyridine rings is 2. The highest BCUT2D eigenvalue weighted by Crippen LogP contribution is 2.52. The average molecular weight is 750 g/mol. The molecular weight excluding hydrogens is 722 g/mol. The lowest BCUT2D eigenvalue weighted by Crippen LogP contribution is -2.37. The second-order valence-electron chi connectivity index (χ2n) is 13.1. The van der Waals surface area contributed by atoms with Crippen molar-refractivity contribution in [3.63, 3.8) is 0 Å². The molecule has 0 aliphatic heterocycles. The van der Waals surface area contributed by atoms with Crippen LogP contribution in [0.1, 0.15) is 53.5 Å². The summed E-state index contributed by atoms with van der Waals surface area (Å²) in [5.74, 6) is -11.0. The van der Waals surface area contributed by atoms with Crippen LogP contribution in [0.15, 0.2) is 85.3 Å². The monoisotopic (exact) mass is 749 g/mol. The van der Waals surface area contributed by atoms with Gasteiger partial charge in [-0.05, 0) is 60.5 Å². The number of carbonyl (C=O) groups is 1. The number of aromatic amines is 2. The number of hydrogen-bond donors (Lipinski definition) is 3. The maximum Gasteiger partial charge on any atom is 0.290 e. The molecule has 276 valence electrons. The number of H-pyrrole nitrogens is 2. The number of alkyl halides is 6. The zero-order chi connectivity index (χ0) is 37.9. The van der Waals surface area contributed by atoms with Gasteiger partial charge in [-0.1, -0.05) is 12.1 Å². The first-order valence-corrected chi connectivity index (χ1v) is 16.7. The number of rotatable bonds is 9. The number of nitrogens with one attached hydrogen (secondary N) is 3. The Hall–Kier alpha value is -6.06. The number of carbonyl (C=O) groups excluding carboxylic acids is 1. The van der Waals surface area contributed by atoms with E-state index in [-0.39, 0.29) is 22.4 Å². The van der Waals surface area contributed by atoms with E-state index in [4.69, 9.17) is 4.98 Å². The molecule has 54 heavy (non-hydrogen) atoms. The third-order valence-corrected chi connectivity index (χ3v) is 9.46. The lowest BCUT2D eigenvalue weighted by atomic mass is 9.89. The van der Waals surface area contributed by atoms with E-state index < -0.39 is 78.2 Å². The maximum atomic E-state index is 15.2. The summed E-state index contributed by atoms with van der Waals surface area (Å²) in [6, 6.07) is 15.9. The summed E-state index contributed by atoms with van der Waals surface area (Å²) in [5, 5.41) is 7.64. The van der Waals surface area contributed by atoms with Crippen molar-refractivity contribution in [2.24, 2.45) is 0 Å². The third-order valence-electron chi connectivity index (χ3n) is 9.46. The number of fused-ring (bicyclic) bond motifs is 3. The van der Waals surface area contributed by atoms with Gasteiger partial charge in [0.2, 0.25) is 5.91 Å². The molecule has 0 bridgehead atoms. The van der Waals surface area contributed by atoms with Gasteiger partial charge in [-0.15, -0.1) is 0 Å². The Balaban J connectivity index is 1.25. The van der Waals surface area contributed by atoms with E-state index in [1.54, 1.807) is 42.9 Å². The van der Waals surface area contributed by atoms with Crippen molar-refractivity contribution in [2.45, 2.75) is 50.1 Å². The average Bonchev–Trinajstić information content (AvgIpc) is 3.88. The van der Waals surface area contributed by atoms with Crippen LogP contribution in [0.25, 0.3) is 44.3 Å². The molecule has 2 aromatic carbocycles. The summed E-state index contributed by atoms with van der Waals surface area (Å²) in [4.78, 5) is 29.3. The van der Waals surface area contributed by atoms with E-state index in [1.165, 1.54) is 0 Å². The quantitative estimate of drug-likeness (QED) is 0.128. The van der Waals surface area contributed by atoms with Crippen LogP contribution < -0.4 is 5.32 Å². The first-order chi connectivity index (χ1) is 25.8. The second-order valence-corrected chi connectivity index (χ2v) is 13.1. The number of halogens is 8. The smallest absolute Gasteiger partial charge is 0.290 e. The Kier molecular flexibility index (Phi) is 8.49. The van der Waals surface area contributed by atoms with Crippen molar-refractivity contribution in [1.29, 1.82) is 0 Å². The van der Waals surface area contributed by atoms with Gasteiger partial charge in [0.05, 0.1) is 23.0 Å². The zero-order valence-electron chi connectivity index (χ0n) is 27.8. The Morgan fingerprint density at radius 1 is 0.833 bits per heavy atom. The van der Waals surface area contributed by atoms with Gasteiger partial charge in [0.1, 0.15) is 35.2 Å². The van der Waals surface area contributed by atoms with Crippen molar-refractivity contribution in [2.75, 3.05) is 0 Å². The van der Waals surface area contributed by atoms with Crippen LogP contribution in [-0.2, 0) is 29.6 Å². The van der Waals surface area contributed by atoms with Gasteiger partial charge < -0.3 is 15.3 Å². The topological polar surface area (TPSA) is 104 Å². The summed E-state index contributed by atoms with van der Waals surface area (Å²) in [7, 11) is 0. The van der Waals surface area contributed by atoms with Gasteiger partial charge in [-0.25, -0.2) is 36.3 Å². The predicted octanol–water partition coefficient (Wildman–Crippen LogP) is 9.26. The molecule has 1 amide bonds. The number of hydrogen-bond acceptors (Lipinski definition) is 4. The number of nitrogens with zero attached hydrogens (tertiary/aromatic N) is 4. The lowest BCUT2D eigenvalue weighted by molar-refractivity contribution is -0.123. The Morgan fingerprint density at radius 3 is 2.33 bits per heavy atom. The van der Waals surface area contributed by atoms with Crippen molar-refractivity contribution in [3.05, 3.63) is 125 Å². The molecular formula is C38H27F8N7O. The van der Waals surface area contributed by atoms with Crippen LogP contribution in [0.3, 0.4) is 0 Å². The first-order valence-electron chi connectivity index (χ1n) is 16.7. The van der Waals surface area contributed by atoms with Crippen LogP contribution in [0, 0.1) is 11.6 Å². The Labute approximate surface area is 300 Å². The standard InChI is InChI=1S/C38H27F8N7O/c39-24-11-19(12-25(40)16-24)13-29(50-30(54)18-53-34-31(33(52-53)35(41)42)37(43,44)7-8-38(34,45)46)32-26(23-15-22-6-10-48-36(22)49-17-23)2-4-28(51-32)20-1-3-27-21(14-20)5-9-47-27/h1-6,9-12,14-17,29,35,47H,7-8,13,18H2,(H,48,49)(H,50,54)/t29-/m0/s1. The molecule has 1 atom stereocenters. The number of aromatic nitrogens is 6. The summed E-state index contributed by atoms with van der Waals surface area (Å²) < 4.78 is 117. The van der Waals surface area contributed by atoms with Gasteiger partial charge in [0.25, 0.3) is 18.3 Å². The molecule has 8 rings (SSSR count). The summed E-state index contributed by atoms with van der Waals surface area (Å²) in [6.07, 6.45) is -1.67. The molecule has 5 aromatic heterocycles. The summed E-state index contributed by atoms with van der Waals surface area (Å²) in [6.45, 7) is -1.16. The molecule has 0 spiro atoms. The van der Waals surface area contributed by atoms with E-state index in [0.29, 0.717) is 34.1 Å². The van der Waals surface area contributed by atoms with Crippen LogP contribution in [-0.4, -0.2) is 35.6 Å². The van der Waals surface area contributed by atoms with Crippen molar-refractivity contribution >= 4 is 27.8 Å². The van der Waals surface area contributed by atoms with Crippen molar-refractivity contribution in [1.82, 2.24) is 35.0 Å². The van der Waals surface area contributed by atoms with Gasteiger partial charge >= 0.3 is 0 Å². The highest BCUT2D eigenvalue weighted by molar-refractivity contribution is 5.86. The molecule has 1 aliphatic carbocycles. The fourth-order valence-electron chi connectivity index (χ4n) is 7.04. The molecule has 0 saturated heterocycles. The van der Waals surface area contributed by atoms with Crippen LogP contribution >= 0.6 is 0 Å². The van der Waals surface area contributed by atoms with Gasteiger partial charge in [0, 0.05) is 70.5 Å². The molecule has 0 unspecified atom stereocenters. The molecule has 7 aromatic rings. The second kappa shape index (κ2) is 13.1. The molecule has 1 aliphatic rings. The van der Waals surface area contributed by atoms with Crippen LogP contribution in [0.5, 0.6) is 0 Å². The SMILES string of the molecule is O=C(Cn1nc(C(F)F)c2c1C(F)(F)CCC2(F)F)N[C@@H](Cc1cc(F)cc(F)c1)c1nc(-c2ccc3[nH]ccc3c2)ccc1-c1cnc2[nH]ccc2c1. The van der Waals surface area contributed by atoms with E-state index in [2.05, 4.69) is 25.4 Å². The molecule has 0 saturated carbocycles. The lowest BCUT2D eigenvalue weighted by Gasteiger charge is -2.29. The fraction of sp³-hybridized carbons (Fsp3) is 0.211. The first kappa shape index (κ1) is 35.0.